The van der Waals surface area contributed by atoms with Gasteiger partial charge in [-0.3, -0.25) is 0 Å². The molecule has 1 saturated carbocycles. The van der Waals surface area contributed by atoms with E-state index in [-0.39, 0.29) is 0 Å². The van der Waals surface area contributed by atoms with E-state index in [9.17, 15) is 0 Å². The van der Waals surface area contributed by atoms with Crippen molar-refractivity contribution in [2.45, 2.75) is 37.3 Å². The van der Waals surface area contributed by atoms with Gasteiger partial charge >= 0.3 is 0 Å². The molecule has 10 heavy (non-hydrogen) atoms. The minimum atomic E-state index is 0.411. The van der Waals surface area contributed by atoms with Gasteiger partial charge in [-0.25, -0.2) is 0 Å². The van der Waals surface area contributed by atoms with Crippen LogP contribution in [-0.4, -0.2) is 25.3 Å². The second-order valence-electron chi connectivity index (χ2n) is 3.45. The standard InChI is InChI=1S/C8H15NO/c1-10-7-3-2-4-8(7)5-6-9-8/h7,9H,2-6H2,1H3. The maximum absolute atomic E-state index is 5.41. The van der Waals surface area contributed by atoms with Gasteiger partial charge in [0.05, 0.1) is 6.10 Å². The molecule has 2 aliphatic rings. The lowest BCUT2D eigenvalue weighted by Gasteiger charge is -2.44. The fourth-order valence-corrected chi connectivity index (χ4v) is 2.32. The second kappa shape index (κ2) is 2.21. The van der Waals surface area contributed by atoms with Crippen LogP contribution in [0.3, 0.4) is 0 Å². The van der Waals surface area contributed by atoms with Crippen molar-refractivity contribution in [2.75, 3.05) is 13.7 Å². The molecule has 0 bridgehead atoms. The second-order valence-corrected chi connectivity index (χ2v) is 3.45. The predicted octanol–water partition coefficient (Wildman–Crippen LogP) is 0.917. The van der Waals surface area contributed by atoms with Crippen LogP contribution in [0.25, 0.3) is 0 Å². The van der Waals surface area contributed by atoms with E-state index in [1.165, 1.54) is 32.2 Å². The topological polar surface area (TPSA) is 21.3 Å². The quantitative estimate of drug-likeness (QED) is 0.586. The van der Waals surface area contributed by atoms with Gasteiger partial charge in [0, 0.05) is 12.6 Å². The maximum atomic E-state index is 5.41. The van der Waals surface area contributed by atoms with E-state index in [0.29, 0.717) is 11.6 Å². The van der Waals surface area contributed by atoms with Crippen molar-refractivity contribution in [3.8, 4) is 0 Å². The van der Waals surface area contributed by atoms with E-state index < -0.39 is 0 Å². The van der Waals surface area contributed by atoms with Gasteiger partial charge < -0.3 is 10.1 Å². The van der Waals surface area contributed by atoms with Crippen LogP contribution >= 0.6 is 0 Å². The summed E-state index contributed by atoms with van der Waals surface area (Å²) in [7, 11) is 1.83. The summed E-state index contributed by atoms with van der Waals surface area (Å²) in [6.45, 7) is 1.19. The molecule has 0 aromatic heterocycles. The van der Waals surface area contributed by atoms with Crippen LogP contribution in [-0.2, 0) is 4.74 Å². The van der Waals surface area contributed by atoms with Gasteiger partial charge in [0.15, 0.2) is 0 Å². The van der Waals surface area contributed by atoms with Crippen molar-refractivity contribution in [1.29, 1.82) is 0 Å². The molecule has 2 fully saturated rings. The molecule has 1 spiro atoms. The fourth-order valence-electron chi connectivity index (χ4n) is 2.32. The Kier molecular flexibility index (Phi) is 1.46. The number of ether oxygens (including phenoxy) is 1. The first-order chi connectivity index (χ1) is 4.87. The average Bonchev–Trinajstić information content (AvgIpc) is 2.27. The van der Waals surface area contributed by atoms with Gasteiger partial charge in [0.2, 0.25) is 0 Å². The molecule has 1 aliphatic carbocycles. The molecule has 1 N–H and O–H groups in total. The summed E-state index contributed by atoms with van der Waals surface area (Å²) in [5, 5.41) is 3.50. The average molecular weight is 141 g/mol. The van der Waals surface area contributed by atoms with E-state index in [1.807, 2.05) is 7.11 Å². The van der Waals surface area contributed by atoms with Crippen LogP contribution in [0.15, 0.2) is 0 Å². The molecule has 0 aromatic rings. The summed E-state index contributed by atoms with van der Waals surface area (Å²) in [6.07, 6.45) is 5.74. The Labute approximate surface area is 61.9 Å². The Bertz CT molecular complexity index is 131. The molecule has 58 valence electrons. The smallest absolute Gasteiger partial charge is 0.0753 e. The van der Waals surface area contributed by atoms with E-state index in [1.54, 1.807) is 0 Å². The molecule has 2 unspecified atom stereocenters. The van der Waals surface area contributed by atoms with Gasteiger partial charge in [-0.15, -0.1) is 0 Å². The molecule has 2 nitrogen and oxygen atoms in total. The van der Waals surface area contributed by atoms with Crippen LogP contribution in [0.5, 0.6) is 0 Å². The molecule has 0 radical (unpaired) electrons. The van der Waals surface area contributed by atoms with E-state index in [4.69, 9.17) is 4.74 Å². The molecule has 2 rings (SSSR count). The largest absolute Gasteiger partial charge is 0.380 e. The third-order valence-electron chi connectivity index (χ3n) is 3.04. The van der Waals surface area contributed by atoms with E-state index in [2.05, 4.69) is 5.32 Å². The first kappa shape index (κ1) is 6.62. The third kappa shape index (κ3) is 0.722. The van der Waals surface area contributed by atoms with Crippen LogP contribution in [0.1, 0.15) is 25.7 Å². The van der Waals surface area contributed by atoms with Gasteiger partial charge in [0.25, 0.3) is 0 Å². The van der Waals surface area contributed by atoms with Crippen LogP contribution in [0, 0.1) is 0 Å². The minimum Gasteiger partial charge on any atom is -0.380 e. The van der Waals surface area contributed by atoms with Gasteiger partial charge in [-0.1, -0.05) is 0 Å². The van der Waals surface area contributed by atoms with Crippen molar-refractivity contribution in [3.63, 3.8) is 0 Å². The lowest BCUT2D eigenvalue weighted by atomic mass is 9.84. The first-order valence-electron chi connectivity index (χ1n) is 4.15. The van der Waals surface area contributed by atoms with Crippen LogP contribution in [0.2, 0.25) is 0 Å². The Balaban J connectivity index is 2.05. The highest BCUT2D eigenvalue weighted by atomic mass is 16.5. The monoisotopic (exact) mass is 141 g/mol. The predicted molar refractivity (Wildman–Crippen MR) is 40.0 cm³/mol. The summed E-state index contributed by atoms with van der Waals surface area (Å²) in [6, 6.07) is 0. The first-order valence-corrected chi connectivity index (χ1v) is 4.15. The lowest BCUT2D eigenvalue weighted by Crippen LogP contribution is -2.61. The Morgan fingerprint density at radius 3 is 2.70 bits per heavy atom. The molecule has 1 heterocycles. The van der Waals surface area contributed by atoms with Crippen molar-refractivity contribution in [2.24, 2.45) is 0 Å². The zero-order valence-electron chi connectivity index (χ0n) is 6.52. The van der Waals surface area contributed by atoms with Gasteiger partial charge in [-0.05, 0) is 32.2 Å². The van der Waals surface area contributed by atoms with Crippen LogP contribution < -0.4 is 5.32 Å². The molecule has 2 heteroatoms. The van der Waals surface area contributed by atoms with Crippen molar-refractivity contribution in [3.05, 3.63) is 0 Å². The number of nitrogens with one attached hydrogen (secondary N) is 1. The molecule has 1 aliphatic heterocycles. The minimum absolute atomic E-state index is 0.411. The van der Waals surface area contributed by atoms with Gasteiger partial charge in [-0.2, -0.15) is 0 Å². The van der Waals surface area contributed by atoms with E-state index in [0.717, 1.165) is 0 Å². The Hall–Kier alpha value is -0.0800. The number of methoxy groups -OCH3 is 1. The van der Waals surface area contributed by atoms with Crippen molar-refractivity contribution < 1.29 is 4.74 Å². The van der Waals surface area contributed by atoms with Crippen molar-refractivity contribution in [1.82, 2.24) is 5.32 Å². The number of hydrogen-bond acceptors (Lipinski definition) is 2. The number of hydrogen-bond donors (Lipinski definition) is 1. The molecule has 0 amide bonds. The highest BCUT2D eigenvalue weighted by Gasteiger charge is 2.47. The normalized spacial score (nSPS) is 45.9. The Morgan fingerprint density at radius 2 is 2.30 bits per heavy atom. The third-order valence-corrected chi connectivity index (χ3v) is 3.04. The van der Waals surface area contributed by atoms with Crippen LogP contribution in [0.4, 0.5) is 0 Å². The molecule has 2 atom stereocenters. The summed E-state index contributed by atoms with van der Waals surface area (Å²) in [5.41, 5.74) is 0.411. The van der Waals surface area contributed by atoms with Gasteiger partial charge in [0.1, 0.15) is 0 Å². The molecule has 0 aromatic carbocycles. The summed E-state index contributed by atoms with van der Waals surface area (Å²) in [4.78, 5) is 0. The fraction of sp³-hybridized carbons (Fsp3) is 1.00. The zero-order chi connectivity index (χ0) is 7.03. The summed E-state index contributed by atoms with van der Waals surface area (Å²) in [5.74, 6) is 0. The zero-order valence-corrected chi connectivity index (χ0v) is 6.52. The highest BCUT2D eigenvalue weighted by molar-refractivity contribution is 5.06. The molecule has 1 saturated heterocycles. The number of rotatable bonds is 1. The molecular weight excluding hydrogens is 126 g/mol. The summed E-state index contributed by atoms with van der Waals surface area (Å²) < 4.78 is 5.41. The van der Waals surface area contributed by atoms with Crippen molar-refractivity contribution >= 4 is 0 Å². The highest BCUT2D eigenvalue weighted by Crippen LogP contribution is 2.38. The van der Waals surface area contributed by atoms with E-state index >= 15 is 0 Å². The maximum Gasteiger partial charge on any atom is 0.0753 e. The molecular formula is C8H15NO. The lowest BCUT2D eigenvalue weighted by molar-refractivity contribution is 0.00504. The SMILES string of the molecule is COC1CCCC12CCN2. The Morgan fingerprint density at radius 1 is 1.50 bits per heavy atom. The summed E-state index contributed by atoms with van der Waals surface area (Å²) >= 11 is 0.